The van der Waals surface area contributed by atoms with Gasteiger partial charge in [-0.05, 0) is 166 Å². The van der Waals surface area contributed by atoms with Crippen molar-refractivity contribution in [2.24, 2.45) is 0 Å². The number of hydrogen-bond donors (Lipinski definition) is 0. The van der Waals surface area contributed by atoms with Gasteiger partial charge in [0, 0.05) is 78.0 Å². The van der Waals surface area contributed by atoms with Crippen molar-refractivity contribution in [3.05, 3.63) is 338 Å². The second-order valence-corrected chi connectivity index (χ2v) is 25.7. The Morgan fingerprint density at radius 1 is 0.265 bits per heavy atom. The Balaban J connectivity index is 0.000000223. The van der Waals surface area contributed by atoms with Gasteiger partial charge in [-0.15, -0.1) is 0 Å². The molecule has 0 saturated carbocycles. The van der Waals surface area contributed by atoms with Crippen LogP contribution in [0.1, 0.15) is 22.3 Å². The molecule has 6 heteroatoms. The topological polar surface area (TPSA) is 58.5 Å². The first kappa shape index (κ1) is 58.0. The highest BCUT2D eigenvalue weighted by Crippen LogP contribution is 2.51. The lowest BCUT2D eigenvalue weighted by Gasteiger charge is -2.32. The van der Waals surface area contributed by atoms with E-state index in [0.29, 0.717) is 0 Å². The first-order chi connectivity index (χ1) is 48.3. The largest absolute Gasteiger partial charge is 0.455 e. The number of nitrogens with zero attached hydrogens (tertiary/aromatic N) is 4. The van der Waals surface area contributed by atoms with Crippen LogP contribution in [-0.4, -0.2) is 9.97 Å². The van der Waals surface area contributed by atoms with E-state index in [1.165, 1.54) is 88.2 Å². The summed E-state index contributed by atoms with van der Waals surface area (Å²) in [6.07, 6.45) is 3.75. The number of anilines is 6. The highest BCUT2D eigenvalue weighted by Gasteiger charge is 2.26. The Morgan fingerprint density at radius 2 is 0.622 bits per heavy atom. The molecule has 98 heavy (non-hydrogen) atoms. The molecule has 19 aromatic rings. The molecule has 0 fully saturated rings. The van der Waals surface area contributed by atoms with Crippen LogP contribution in [0.15, 0.2) is 325 Å². The lowest BCUT2D eigenvalue weighted by Crippen LogP contribution is -2.14. The zero-order valence-electron chi connectivity index (χ0n) is 54.6. The van der Waals surface area contributed by atoms with Gasteiger partial charge in [-0.3, -0.25) is 9.97 Å². The molecule has 0 amide bonds. The maximum absolute atomic E-state index is 6.60. The summed E-state index contributed by atoms with van der Waals surface area (Å²) in [7, 11) is 0. The maximum atomic E-state index is 6.60. The van der Waals surface area contributed by atoms with Gasteiger partial charge in [0.1, 0.15) is 22.3 Å². The molecular weight excluding hydrogens is 1190 g/mol. The summed E-state index contributed by atoms with van der Waals surface area (Å²) in [5.41, 5.74) is 26.1. The summed E-state index contributed by atoms with van der Waals surface area (Å²) in [5.74, 6) is 0. The quantitative estimate of drug-likeness (QED) is 0.127. The number of fused-ring (bicyclic) bond motifs is 9. The van der Waals surface area contributed by atoms with Gasteiger partial charge in [0.2, 0.25) is 0 Å². The fourth-order valence-corrected chi connectivity index (χ4v) is 15.4. The first-order valence-electron chi connectivity index (χ1n) is 33.5. The average molecular weight is 1260 g/mol. The molecule has 0 spiro atoms. The van der Waals surface area contributed by atoms with Gasteiger partial charge in [0.05, 0.1) is 33.8 Å². The Morgan fingerprint density at radius 3 is 1.06 bits per heavy atom. The summed E-state index contributed by atoms with van der Waals surface area (Å²) in [4.78, 5) is 14.3. The van der Waals surface area contributed by atoms with Crippen molar-refractivity contribution in [3.8, 4) is 44.5 Å². The number of aromatic nitrogens is 2. The van der Waals surface area contributed by atoms with E-state index in [9.17, 15) is 0 Å². The molecule has 0 aliphatic carbocycles. The number of furan rings is 2. The van der Waals surface area contributed by atoms with Crippen molar-refractivity contribution in [2.75, 3.05) is 9.80 Å². The van der Waals surface area contributed by atoms with Gasteiger partial charge in [-0.2, -0.15) is 0 Å². The molecule has 4 aromatic heterocycles. The minimum Gasteiger partial charge on any atom is -0.455 e. The Labute approximate surface area is 567 Å². The van der Waals surface area contributed by atoms with E-state index >= 15 is 0 Å². The standard InChI is InChI=1S/C68H48N2O2.C24H16N2/c1-41-15-9-16-42(2)65(41)69(49-21-11-19-47(39-49)51-25-13-27-55-53-23-5-7-29-61(53)71-67(51)55)59-37-33-45-32-36-58-60(38-34-46-31-35-57(59)63(45)64(46)58)70(66-43(3)17-10-18-44(66)4)50-22-12-20-48(40-50)52-26-14-28-56-54-24-6-8-30-62(54)72-68(52)56;1-3-7-17(8-4-1)19-13-15-25-23-21(19)11-12-22-20(14-16-26-24(22)23)18-9-5-2-6-10-18/h5-40H,1-4H3;1-16H. The number of hydrogen-bond acceptors (Lipinski definition) is 6. The second kappa shape index (κ2) is 23.7. The number of pyridine rings is 2. The monoisotopic (exact) mass is 1260 g/mol. The SMILES string of the molecule is Cc1cccc(C)c1N(c1cccc(-c2cccc3c2oc2ccccc23)c1)c1ccc2ccc3c(N(c4cccc(-c5cccc6c5oc5ccccc56)c4)c4c(C)cccc4C)ccc4ccc1c2c43.c1ccc(-c2ccnc3c2ccc2c(-c4ccccc4)ccnc23)cc1. The van der Waals surface area contributed by atoms with E-state index in [2.05, 4.69) is 327 Å². The number of aryl methyl sites for hydroxylation is 4. The van der Waals surface area contributed by atoms with Crippen LogP contribution in [0.3, 0.4) is 0 Å². The summed E-state index contributed by atoms with van der Waals surface area (Å²) in [6, 6.07) is 109. The molecule has 0 unspecified atom stereocenters. The molecule has 0 bridgehead atoms. The molecule has 0 radical (unpaired) electrons. The van der Waals surface area contributed by atoms with Gasteiger partial charge >= 0.3 is 0 Å². The minimum absolute atomic E-state index is 0.896. The van der Waals surface area contributed by atoms with E-state index in [1.54, 1.807) is 0 Å². The van der Waals surface area contributed by atoms with Crippen molar-refractivity contribution in [1.82, 2.24) is 9.97 Å². The van der Waals surface area contributed by atoms with Crippen molar-refractivity contribution >= 4 is 132 Å². The fourth-order valence-electron chi connectivity index (χ4n) is 15.4. The van der Waals surface area contributed by atoms with Gasteiger partial charge in [0.15, 0.2) is 0 Å². The highest BCUT2D eigenvalue weighted by molar-refractivity contribution is 6.28. The molecule has 0 aliphatic heterocycles. The molecule has 19 rings (SSSR count). The summed E-state index contributed by atoms with van der Waals surface area (Å²) >= 11 is 0. The van der Waals surface area contributed by atoms with E-state index in [4.69, 9.17) is 8.83 Å². The van der Waals surface area contributed by atoms with Crippen molar-refractivity contribution < 1.29 is 8.83 Å². The predicted octanol–water partition coefficient (Wildman–Crippen LogP) is 26.0. The maximum Gasteiger partial charge on any atom is 0.143 e. The third kappa shape index (κ3) is 9.63. The smallest absolute Gasteiger partial charge is 0.143 e. The van der Waals surface area contributed by atoms with Crippen LogP contribution in [-0.2, 0) is 0 Å². The molecule has 0 N–H and O–H groups in total. The van der Waals surface area contributed by atoms with Crippen molar-refractivity contribution in [2.45, 2.75) is 27.7 Å². The molecule has 4 heterocycles. The van der Waals surface area contributed by atoms with Gasteiger partial charge < -0.3 is 18.6 Å². The molecule has 0 aliphatic rings. The van der Waals surface area contributed by atoms with Gasteiger partial charge in [-0.25, -0.2) is 0 Å². The van der Waals surface area contributed by atoms with Crippen LogP contribution in [0.25, 0.3) is 143 Å². The average Bonchev–Trinajstić information content (AvgIpc) is 1.09. The van der Waals surface area contributed by atoms with Crippen molar-refractivity contribution in [3.63, 3.8) is 0 Å². The molecule has 6 nitrogen and oxygen atoms in total. The van der Waals surface area contributed by atoms with Crippen LogP contribution in [0, 0.1) is 27.7 Å². The normalized spacial score (nSPS) is 11.7. The fraction of sp³-hybridized carbons (Fsp3) is 0.0435. The lowest BCUT2D eigenvalue weighted by atomic mass is 9.91. The Kier molecular flexibility index (Phi) is 14.0. The van der Waals surface area contributed by atoms with E-state index in [0.717, 1.165) is 111 Å². The summed E-state index contributed by atoms with van der Waals surface area (Å²) in [6.45, 7) is 8.91. The summed E-state index contributed by atoms with van der Waals surface area (Å²) < 4.78 is 13.2. The van der Waals surface area contributed by atoms with Crippen LogP contribution >= 0.6 is 0 Å². The predicted molar refractivity (Wildman–Crippen MR) is 412 cm³/mol. The molecule has 464 valence electrons. The molecule has 0 atom stereocenters. The lowest BCUT2D eigenvalue weighted by molar-refractivity contribution is 0.669. The zero-order chi connectivity index (χ0) is 65.5. The first-order valence-corrected chi connectivity index (χ1v) is 33.5. The number of benzene rings is 15. The third-order valence-electron chi connectivity index (χ3n) is 19.9. The molecule has 15 aromatic carbocycles. The van der Waals surface area contributed by atoms with Crippen LogP contribution < -0.4 is 9.80 Å². The van der Waals surface area contributed by atoms with Gasteiger partial charge in [0.25, 0.3) is 0 Å². The van der Waals surface area contributed by atoms with E-state index < -0.39 is 0 Å². The van der Waals surface area contributed by atoms with Crippen molar-refractivity contribution in [1.29, 1.82) is 0 Å². The van der Waals surface area contributed by atoms with Crippen LogP contribution in [0.2, 0.25) is 0 Å². The van der Waals surface area contributed by atoms with Gasteiger partial charge in [-0.1, -0.05) is 243 Å². The third-order valence-corrected chi connectivity index (χ3v) is 19.9. The highest BCUT2D eigenvalue weighted by atomic mass is 16.3. The number of para-hydroxylation sites is 6. The molecular formula is C92H64N4O2. The van der Waals surface area contributed by atoms with Crippen LogP contribution in [0.5, 0.6) is 0 Å². The molecule has 0 saturated heterocycles. The van der Waals surface area contributed by atoms with E-state index in [-0.39, 0.29) is 0 Å². The summed E-state index contributed by atoms with van der Waals surface area (Å²) in [5, 5.41) is 14.0. The number of rotatable bonds is 10. The zero-order valence-corrected chi connectivity index (χ0v) is 54.6. The Bertz CT molecular complexity index is 5900. The van der Waals surface area contributed by atoms with Crippen LogP contribution in [0.4, 0.5) is 34.1 Å². The second-order valence-electron chi connectivity index (χ2n) is 25.7. The van der Waals surface area contributed by atoms with E-state index in [1.807, 2.05) is 36.7 Å². The Hall–Kier alpha value is -12.6. The minimum atomic E-state index is 0.896.